The van der Waals surface area contributed by atoms with Crippen LogP contribution in [0.15, 0.2) is 36.4 Å². The Hall–Kier alpha value is -2.73. The molecular formula is C20H22FN3O2. The second-order valence-electron chi connectivity index (χ2n) is 6.63. The van der Waals surface area contributed by atoms with Crippen molar-refractivity contribution in [1.29, 1.82) is 0 Å². The standard InChI is InChI=1S/C20H22FN3O2/c1-13-17(21)10-16(19(22)25)11-18(13)23-20(26)15-6-4-5-14(9-15)12-24-7-2-3-8-24/h4-6,9-11H,2-3,7-8,12H2,1H3,(H2,22,25)(H,23,26). The minimum absolute atomic E-state index is 0.0196. The van der Waals surface area contributed by atoms with Crippen LogP contribution in [0.3, 0.4) is 0 Å². The van der Waals surface area contributed by atoms with Crippen LogP contribution in [0.2, 0.25) is 0 Å². The van der Waals surface area contributed by atoms with Crippen molar-refractivity contribution in [2.45, 2.75) is 26.3 Å². The van der Waals surface area contributed by atoms with E-state index in [0.717, 1.165) is 31.3 Å². The quantitative estimate of drug-likeness (QED) is 0.865. The van der Waals surface area contributed by atoms with Gasteiger partial charge < -0.3 is 11.1 Å². The Morgan fingerprint density at radius 1 is 1.15 bits per heavy atom. The van der Waals surface area contributed by atoms with Gasteiger partial charge in [-0.25, -0.2) is 4.39 Å². The van der Waals surface area contributed by atoms with E-state index in [1.807, 2.05) is 18.2 Å². The zero-order valence-corrected chi connectivity index (χ0v) is 14.7. The molecule has 2 aromatic rings. The lowest BCUT2D eigenvalue weighted by molar-refractivity contribution is 0.0995. The molecule has 1 aliphatic heterocycles. The van der Waals surface area contributed by atoms with Crippen LogP contribution < -0.4 is 11.1 Å². The molecule has 26 heavy (non-hydrogen) atoms. The van der Waals surface area contributed by atoms with Gasteiger partial charge in [-0.1, -0.05) is 12.1 Å². The first kappa shape index (κ1) is 18.1. The van der Waals surface area contributed by atoms with E-state index in [4.69, 9.17) is 5.73 Å². The number of nitrogens with two attached hydrogens (primary N) is 1. The number of carbonyl (C=O) groups excluding carboxylic acids is 2. The van der Waals surface area contributed by atoms with E-state index >= 15 is 0 Å². The van der Waals surface area contributed by atoms with Gasteiger partial charge in [-0.15, -0.1) is 0 Å². The van der Waals surface area contributed by atoms with Crippen LogP contribution >= 0.6 is 0 Å². The van der Waals surface area contributed by atoms with Crippen molar-refractivity contribution in [3.63, 3.8) is 0 Å². The van der Waals surface area contributed by atoms with Crippen molar-refractivity contribution in [1.82, 2.24) is 4.90 Å². The third-order valence-electron chi connectivity index (χ3n) is 4.67. The van der Waals surface area contributed by atoms with Crippen molar-refractivity contribution >= 4 is 17.5 Å². The molecule has 1 saturated heterocycles. The number of nitrogens with one attached hydrogen (secondary N) is 1. The molecule has 3 rings (SSSR count). The lowest BCUT2D eigenvalue weighted by Crippen LogP contribution is -2.19. The van der Waals surface area contributed by atoms with Crippen LogP contribution in [0.1, 0.15) is 44.7 Å². The molecule has 0 aliphatic carbocycles. The van der Waals surface area contributed by atoms with Gasteiger partial charge in [0.05, 0.1) is 0 Å². The lowest BCUT2D eigenvalue weighted by Gasteiger charge is -2.15. The molecule has 2 amide bonds. The first-order valence-corrected chi connectivity index (χ1v) is 8.66. The molecule has 0 bridgehead atoms. The van der Waals surface area contributed by atoms with Crippen molar-refractivity contribution in [2.75, 3.05) is 18.4 Å². The minimum Gasteiger partial charge on any atom is -0.366 e. The number of halogens is 1. The number of nitrogens with zero attached hydrogens (tertiary/aromatic N) is 1. The van der Waals surface area contributed by atoms with Crippen molar-refractivity contribution in [2.24, 2.45) is 5.73 Å². The molecule has 0 spiro atoms. The van der Waals surface area contributed by atoms with Crippen LogP contribution in [-0.2, 0) is 6.54 Å². The molecule has 1 fully saturated rings. The van der Waals surface area contributed by atoms with Gasteiger partial charge in [0.15, 0.2) is 0 Å². The SMILES string of the molecule is Cc1c(F)cc(C(N)=O)cc1NC(=O)c1cccc(CN2CCCC2)c1. The first-order chi connectivity index (χ1) is 12.4. The molecule has 1 aliphatic rings. The highest BCUT2D eigenvalue weighted by Gasteiger charge is 2.15. The molecule has 0 saturated carbocycles. The van der Waals surface area contributed by atoms with Gasteiger partial charge in [0.2, 0.25) is 5.91 Å². The predicted molar refractivity (Wildman–Crippen MR) is 98.6 cm³/mol. The number of hydrogen-bond donors (Lipinski definition) is 2. The van der Waals surface area contributed by atoms with E-state index in [2.05, 4.69) is 10.2 Å². The molecule has 1 heterocycles. The molecule has 0 radical (unpaired) electrons. The van der Waals surface area contributed by atoms with Crippen LogP contribution in [0.4, 0.5) is 10.1 Å². The third kappa shape index (κ3) is 4.08. The van der Waals surface area contributed by atoms with E-state index in [1.165, 1.54) is 18.9 Å². The summed E-state index contributed by atoms with van der Waals surface area (Å²) in [4.78, 5) is 26.3. The summed E-state index contributed by atoms with van der Waals surface area (Å²) in [6.45, 7) is 4.51. The molecule has 6 heteroatoms. The topological polar surface area (TPSA) is 75.4 Å². The lowest BCUT2D eigenvalue weighted by atomic mass is 10.1. The number of primary amides is 1. The highest BCUT2D eigenvalue weighted by molar-refractivity contribution is 6.05. The van der Waals surface area contributed by atoms with Gasteiger partial charge in [-0.3, -0.25) is 14.5 Å². The molecule has 0 atom stereocenters. The van der Waals surface area contributed by atoms with Gasteiger partial charge in [0, 0.05) is 28.9 Å². The normalized spacial score (nSPS) is 14.4. The van der Waals surface area contributed by atoms with Gasteiger partial charge in [-0.05, 0) is 62.7 Å². The minimum atomic E-state index is -0.744. The van der Waals surface area contributed by atoms with Crippen molar-refractivity contribution in [3.8, 4) is 0 Å². The van der Waals surface area contributed by atoms with Crippen LogP contribution in [0.5, 0.6) is 0 Å². The van der Waals surface area contributed by atoms with E-state index in [0.29, 0.717) is 5.56 Å². The van der Waals surface area contributed by atoms with Gasteiger partial charge in [0.25, 0.3) is 5.91 Å². The molecule has 3 N–H and O–H groups in total. The second-order valence-corrected chi connectivity index (χ2v) is 6.63. The fourth-order valence-corrected chi connectivity index (χ4v) is 3.16. The maximum atomic E-state index is 14.0. The second kappa shape index (κ2) is 7.66. The van der Waals surface area contributed by atoms with E-state index in [9.17, 15) is 14.0 Å². The maximum Gasteiger partial charge on any atom is 0.255 e. The van der Waals surface area contributed by atoms with Gasteiger partial charge in [-0.2, -0.15) is 0 Å². The predicted octanol–water partition coefficient (Wildman–Crippen LogP) is 3.08. The van der Waals surface area contributed by atoms with E-state index in [-0.39, 0.29) is 22.7 Å². The third-order valence-corrected chi connectivity index (χ3v) is 4.67. The van der Waals surface area contributed by atoms with Gasteiger partial charge >= 0.3 is 0 Å². The summed E-state index contributed by atoms with van der Waals surface area (Å²) in [5, 5.41) is 2.68. The van der Waals surface area contributed by atoms with Crippen molar-refractivity contribution in [3.05, 3.63) is 64.5 Å². The zero-order chi connectivity index (χ0) is 18.7. The highest BCUT2D eigenvalue weighted by Crippen LogP contribution is 2.22. The smallest absolute Gasteiger partial charge is 0.255 e. The van der Waals surface area contributed by atoms with Crippen LogP contribution in [0.25, 0.3) is 0 Å². The average Bonchev–Trinajstić information content (AvgIpc) is 3.11. The highest BCUT2D eigenvalue weighted by atomic mass is 19.1. The summed E-state index contributed by atoms with van der Waals surface area (Å²) >= 11 is 0. The number of amides is 2. The summed E-state index contributed by atoms with van der Waals surface area (Å²) in [6.07, 6.45) is 2.42. The van der Waals surface area contributed by atoms with E-state index in [1.54, 1.807) is 13.0 Å². The zero-order valence-electron chi connectivity index (χ0n) is 14.7. The Morgan fingerprint density at radius 3 is 2.58 bits per heavy atom. The summed E-state index contributed by atoms with van der Waals surface area (Å²) in [7, 11) is 0. The van der Waals surface area contributed by atoms with Gasteiger partial charge in [0.1, 0.15) is 5.82 Å². The van der Waals surface area contributed by atoms with Crippen molar-refractivity contribution < 1.29 is 14.0 Å². The Kier molecular flexibility index (Phi) is 5.32. The summed E-state index contributed by atoms with van der Waals surface area (Å²) in [5.74, 6) is -1.68. The number of rotatable bonds is 5. The number of hydrogen-bond acceptors (Lipinski definition) is 3. The summed E-state index contributed by atoms with van der Waals surface area (Å²) in [6, 6.07) is 9.86. The first-order valence-electron chi connectivity index (χ1n) is 8.66. The fraction of sp³-hybridized carbons (Fsp3) is 0.300. The molecule has 0 aromatic heterocycles. The Morgan fingerprint density at radius 2 is 1.88 bits per heavy atom. The number of anilines is 1. The number of likely N-dealkylation sites (tertiary alicyclic amines) is 1. The summed E-state index contributed by atoms with van der Waals surface area (Å²) in [5.41, 5.74) is 7.30. The van der Waals surface area contributed by atoms with Crippen LogP contribution in [0, 0.1) is 12.7 Å². The molecule has 136 valence electrons. The Bertz CT molecular complexity index is 845. The fourth-order valence-electron chi connectivity index (χ4n) is 3.16. The van der Waals surface area contributed by atoms with E-state index < -0.39 is 11.7 Å². The molecule has 5 nitrogen and oxygen atoms in total. The molecule has 2 aromatic carbocycles. The number of benzene rings is 2. The summed E-state index contributed by atoms with van der Waals surface area (Å²) < 4.78 is 14.0. The maximum absolute atomic E-state index is 14.0. The number of carbonyl (C=O) groups is 2. The molecular weight excluding hydrogens is 333 g/mol. The Balaban J connectivity index is 1.79. The molecule has 0 unspecified atom stereocenters. The average molecular weight is 355 g/mol. The monoisotopic (exact) mass is 355 g/mol. The Labute approximate surface area is 152 Å². The van der Waals surface area contributed by atoms with Crippen LogP contribution in [-0.4, -0.2) is 29.8 Å². The largest absolute Gasteiger partial charge is 0.366 e.